The van der Waals surface area contributed by atoms with Gasteiger partial charge in [0.05, 0.1) is 0 Å². The third-order valence-corrected chi connectivity index (χ3v) is 17.5. The van der Waals surface area contributed by atoms with Crippen LogP contribution in [0.2, 0.25) is 58.9 Å². The summed E-state index contributed by atoms with van der Waals surface area (Å²) in [5, 5.41) is 19.9. The molecule has 0 radical (unpaired) electrons. The van der Waals surface area contributed by atoms with E-state index in [9.17, 15) is 10.0 Å². The van der Waals surface area contributed by atoms with Crippen LogP contribution in [-0.2, 0) is 12.3 Å². The molecule has 0 aromatic heterocycles. The average Bonchev–Trinajstić information content (AvgIpc) is 2.32. The maximum absolute atomic E-state index is 9.41. The molecule has 0 spiro atoms. The van der Waals surface area contributed by atoms with Crippen LogP contribution in [0.4, 0.5) is 0 Å². The van der Waals surface area contributed by atoms with Crippen molar-refractivity contribution < 1.29 is 22.4 Å². The standard InChI is InChI=1S/C15H33BO5Si4/c1-22(2,3)19-24(6,7)21-25(8,9)20-23(4,5)15-12-10-11-14(13-15)16(17)18/h10-13,17-18H,1-9H3. The first-order valence-electron chi connectivity index (χ1n) is 8.60. The van der Waals surface area contributed by atoms with E-state index in [2.05, 4.69) is 58.9 Å². The molecule has 0 saturated carbocycles. The first-order valence-corrected chi connectivity index (χ1v) is 20.6. The van der Waals surface area contributed by atoms with Crippen molar-refractivity contribution in [3.8, 4) is 0 Å². The van der Waals surface area contributed by atoms with Crippen molar-refractivity contribution in [3.05, 3.63) is 24.3 Å². The zero-order valence-electron chi connectivity index (χ0n) is 17.0. The summed E-state index contributed by atoms with van der Waals surface area (Å²) in [6.45, 7) is 19.0. The molecule has 1 aromatic carbocycles. The molecule has 0 unspecified atom stereocenters. The molecular weight excluding hydrogens is 383 g/mol. The van der Waals surface area contributed by atoms with E-state index < -0.39 is 40.9 Å². The molecule has 0 aliphatic carbocycles. The quantitative estimate of drug-likeness (QED) is 0.635. The highest BCUT2D eigenvalue weighted by atomic mass is 28.5. The van der Waals surface area contributed by atoms with Gasteiger partial charge in [-0.3, -0.25) is 0 Å². The number of hydrogen-bond donors (Lipinski definition) is 2. The molecule has 0 amide bonds. The summed E-state index contributed by atoms with van der Waals surface area (Å²) in [6, 6.07) is 7.35. The molecular formula is C15H33BO5Si4. The van der Waals surface area contributed by atoms with Gasteiger partial charge in [0.25, 0.3) is 0 Å². The van der Waals surface area contributed by atoms with Gasteiger partial charge in [-0.2, -0.15) is 0 Å². The highest BCUT2D eigenvalue weighted by molar-refractivity contribution is 6.93. The minimum absolute atomic E-state index is 0.485. The smallest absolute Gasteiger partial charge is 0.437 e. The lowest BCUT2D eigenvalue weighted by Crippen LogP contribution is -2.59. The van der Waals surface area contributed by atoms with Crippen LogP contribution < -0.4 is 10.6 Å². The van der Waals surface area contributed by atoms with Crippen molar-refractivity contribution in [2.75, 3.05) is 0 Å². The molecule has 0 saturated heterocycles. The summed E-state index contributed by atoms with van der Waals surface area (Å²) in [6.07, 6.45) is 0. The molecule has 0 heterocycles. The first kappa shape index (κ1) is 23.0. The Hall–Kier alpha value is -0.0475. The largest absolute Gasteiger partial charge is 0.488 e. The van der Waals surface area contributed by atoms with Crippen LogP contribution in [0.15, 0.2) is 24.3 Å². The SMILES string of the molecule is C[Si](C)(C)O[Si](C)(C)O[Si](C)(C)O[Si](C)(C)c1cccc(B(O)O)c1. The van der Waals surface area contributed by atoms with Gasteiger partial charge in [-0.25, -0.2) is 0 Å². The average molecular weight is 417 g/mol. The van der Waals surface area contributed by atoms with E-state index >= 15 is 0 Å². The summed E-state index contributed by atoms with van der Waals surface area (Å²) in [5.74, 6) is 0. The van der Waals surface area contributed by atoms with Gasteiger partial charge in [0, 0.05) is 0 Å². The Morgan fingerprint density at radius 2 is 1.28 bits per heavy atom. The zero-order chi connectivity index (χ0) is 19.7. The summed E-state index contributed by atoms with van der Waals surface area (Å²) in [5.41, 5.74) is 0.485. The predicted molar refractivity (Wildman–Crippen MR) is 115 cm³/mol. The van der Waals surface area contributed by atoms with Crippen molar-refractivity contribution >= 4 is 51.5 Å². The van der Waals surface area contributed by atoms with Crippen LogP contribution in [0.1, 0.15) is 0 Å². The van der Waals surface area contributed by atoms with E-state index in [1.807, 2.05) is 18.2 Å². The fraction of sp³-hybridized carbons (Fsp3) is 0.600. The third kappa shape index (κ3) is 8.01. The van der Waals surface area contributed by atoms with Crippen LogP contribution in [0.5, 0.6) is 0 Å². The van der Waals surface area contributed by atoms with E-state index in [4.69, 9.17) is 12.3 Å². The van der Waals surface area contributed by atoms with E-state index in [1.165, 1.54) is 0 Å². The maximum Gasteiger partial charge on any atom is 0.488 e. The molecule has 1 aromatic rings. The summed E-state index contributed by atoms with van der Waals surface area (Å²) in [7, 11) is -10.1. The van der Waals surface area contributed by atoms with Crippen molar-refractivity contribution in [2.45, 2.75) is 58.9 Å². The molecule has 142 valence electrons. The molecule has 25 heavy (non-hydrogen) atoms. The Bertz CT molecular complexity index is 588. The van der Waals surface area contributed by atoms with Gasteiger partial charge >= 0.3 is 24.2 Å². The lowest BCUT2D eigenvalue weighted by atomic mass is 9.80. The van der Waals surface area contributed by atoms with Crippen LogP contribution in [0.25, 0.3) is 0 Å². The van der Waals surface area contributed by atoms with Gasteiger partial charge in [0.1, 0.15) is 0 Å². The van der Waals surface area contributed by atoms with Crippen molar-refractivity contribution in [3.63, 3.8) is 0 Å². The van der Waals surface area contributed by atoms with Gasteiger partial charge < -0.3 is 22.4 Å². The molecule has 0 aliphatic rings. The number of hydrogen-bond acceptors (Lipinski definition) is 5. The second-order valence-corrected chi connectivity index (χ2v) is 24.6. The van der Waals surface area contributed by atoms with E-state index in [-0.39, 0.29) is 0 Å². The highest BCUT2D eigenvalue weighted by Gasteiger charge is 2.43. The number of rotatable bonds is 8. The normalized spacial score (nSPS) is 13.9. The van der Waals surface area contributed by atoms with Gasteiger partial charge in [-0.15, -0.1) is 0 Å². The van der Waals surface area contributed by atoms with Crippen LogP contribution >= 0.6 is 0 Å². The lowest BCUT2D eigenvalue weighted by molar-refractivity contribution is 0.332. The molecule has 0 atom stereocenters. The topological polar surface area (TPSA) is 68.2 Å². The zero-order valence-corrected chi connectivity index (χ0v) is 21.0. The van der Waals surface area contributed by atoms with Crippen molar-refractivity contribution in [1.82, 2.24) is 0 Å². The van der Waals surface area contributed by atoms with E-state index in [1.54, 1.807) is 6.07 Å². The lowest BCUT2D eigenvalue weighted by Gasteiger charge is -2.40. The Balaban J connectivity index is 2.95. The second-order valence-electron chi connectivity index (χ2n) is 8.73. The Morgan fingerprint density at radius 3 is 1.76 bits per heavy atom. The van der Waals surface area contributed by atoms with Crippen LogP contribution in [0.3, 0.4) is 0 Å². The molecule has 0 aliphatic heterocycles. The minimum Gasteiger partial charge on any atom is -0.437 e. The highest BCUT2D eigenvalue weighted by Crippen LogP contribution is 2.23. The molecule has 0 fully saturated rings. The van der Waals surface area contributed by atoms with Crippen molar-refractivity contribution in [2.24, 2.45) is 0 Å². The van der Waals surface area contributed by atoms with Crippen molar-refractivity contribution in [1.29, 1.82) is 0 Å². The Morgan fingerprint density at radius 1 is 0.760 bits per heavy atom. The Labute approximate surface area is 157 Å². The predicted octanol–water partition coefficient (Wildman–Crippen LogP) is 2.07. The fourth-order valence-corrected chi connectivity index (χ4v) is 21.2. The molecule has 0 bridgehead atoms. The van der Waals surface area contributed by atoms with E-state index in [0.717, 1.165) is 5.19 Å². The Kier molecular flexibility index (Phi) is 7.27. The molecule has 10 heteroatoms. The van der Waals surface area contributed by atoms with Crippen LogP contribution in [0, 0.1) is 0 Å². The summed E-state index contributed by atoms with van der Waals surface area (Å²) in [4.78, 5) is 0. The molecule has 1 rings (SSSR count). The third-order valence-electron chi connectivity index (χ3n) is 3.42. The maximum atomic E-state index is 9.41. The van der Waals surface area contributed by atoms with Gasteiger partial charge in [-0.1, -0.05) is 24.3 Å². The monoisotopic (exact) mass is 416 g/mol. The first-order chi connectivity index (χ1) is 11.0. The summed E-state index contributed by atoms with van der Waals surface area (Å²) < 4.78 is 19.3. The number of benzene rings is 1. The summed E-state index contributed by atoms with van der Waals surface area (Å²) >= 11 is 0. The van der Waals surface area contributed by atoms with Crippen LogP contribution in [-0.4, -0.2) is 50.9 Å². The van der Waals surface area contributed by atoms with Gasteiger partial charge in [-0.05, 0) is 69.6 Å². The molecule has 2 N–H and O–H groups in total. The van der Waals surface area contributed by atoms with Gasteiger partial charge in [0.2, 0.25) is 8.32 Å². The van der Waals surface area contributed by atoms with E-state index in [0.29, 0.717) is 5.46 Å². The van der Waals surface area contributed by atoms with Gasteiger partial charge in [0.15, 0.2) is 8.32 Å². The fourth-order valence-electron chi connectivity index (χ4n) is 3.12. The minimum atomic E-state index is -2.41. The second kappa shape index (κ2) is 7.91. The molecule has 5 nitrogen and oxygen atoms in total.